The maximum atomic E-state index is 10.6. The number of hydrogen-bond donors (Lipinski definition) is 0. The SMILES string of the molecule is O=[N+]([O-])c1cc(-c2cn(-c3cccnc3)cn2)co1. The molecule has 94 valence electrons. The zero-order valence-corrected chi connectivity index (χ0v) is 9.63. The van der Waals surface area contributed by atoms with Crippen LogP contribution in [0.15, 0.2) is 53.8 Å². The van der Waals surface area contributed by atoms with Gasteiger partial charge in [-0.3, -0.25) is 15.1 Å². The number of pyridine rings is 1. The van der Waals surface area contributed by atoms with E-state index in [9.17, 15) is 10.1 Å². The molecule has 3 aromatic heterocycles. The van der Waals surface area contributed by atoms with Crippen LogP contribution in [0.25, 0.3) is 16.9 Å². The lowest BCUT2D eigenvalue weighted by atomic mass is 10.2. The van der Waals surface area contributed by atoms with Crippen LogP contribution in [0.4, 0.5) is 5.88 Å². The molecule has 3 aromatic rings. The summed E-state index contributed by atoms with van der Waals surface area (Å²) in [6, 6.07) is 5.05. The summed E-state index contributed by atoms with van der Waals surface area (Å²) in [5.74, 6) is -0.300. The van der Waals surface area contributed by atoms with Crippen molar-refractivity contribution in [1.82, 2.24) is 14.5 Å². The Morgan fingerprint density at radius 2 is 2.32 bits per heavy atom. The maximum Gasteiger partial charge on any atom is 0.433 e. The first-order valence-corrected chi connectivity index (χ1v) is 5.42. The summed E-state index contributed by atoms with van der Waals surface area (Å²) >= 11 is 0. The van der Waals surface area contributed by atoms with Crippen LogP contribution in [0.5, 0.6) is 0 Å². The van der Waals surface area contributed by atoms with Gasteiger partial charge in [-0.25, -0.2) is 4.98 Å². The third-order valence-electron chi connectivity index (χ3n) is 2.59. The number of rotatable bonds is 3. The van der Waals surface area contributed by atoms with Gasteiger partial charge < -0.3 is 8.98 Å². The lowest BCUT2D eigenvalue weighted by molar-refractivity contribution is -0.402. The van der Waals surface area contributed by atoms with E-state index < -0.39 is 4.92 Å². The Labute approximate surface area is 107 Å². The number of nitro groups is 1. The minimum atomic E-state index is -0.582. The van der Waals surface area contributed by atoms with Gasteiger partial charge in [0.1, 0.15) is 11.2 Å². The van der Waals surface area contributed by atoms with E-state index in [1.165, 1.54) is 12.3 Å². The van der Waals surface area contributed by atoms with Crippen LogP contribution >= 0.6 is 0 Å². The van der Waals surface area contributed by atoms with Crippen molar-refractivity contribution >= 4 is 5.88 Å². The molecule has 0 saturated carbocycles. The minimum absolute atomic E-state index is 0.300. The summed E-state index contributed by atoms with van der Waals surface area (Å²) in [7, 11) is 0. The van der Waals surface area contributed by atoms with Crippen LogP contribution in [0.3, 0.4) is 0 Å². The van der Waals surface area contributed by atoms with E-state index in [0.29, 0.717) is 11.3 Å². The first-order valence-electron chi connectivity index (χ1n) is 5.42. The predicted octanol–water partition coefficient (Wildman–Crippen LogP) is 2.44. The summed E-state index contributed by atoms with van der Waals surface area (Å²) in [5, 5.41) is 10.6. The van der Waals surface area contributed by atoms with Crippen LogP contribution in [0, 0.1) is 10.1 Å². The normalized spacial score (nSPS) is 10.5. The summed E-state index contributed by atoms with van der Waals surface area (Å²) < 4.78 is 6.61. The van der Waals surface area contributed by atoms with Crippen molar-refractivity contribution in [3.63, 3.8) is 0 Å². The summed E-state index contributed by atoms with van der Waals surface area (Å²) in [4.78, 5) is 18.2. The van der Waals surface area contributed by atoms with E-state index in [-0.39, 0.29) is 5.88 Å². The van der Waals surface area contributed by atoms with Crippen molar-refractivity contribution in [1.29, 1.82) is 0 Å². The molecule has 0 N–H and O–H groups in total. The Morgan fingerprint density at radius 1 is 1.42 bits per heavy atom. The molecule has 0 amide bonds. The van der Waals surface area contributed by atoms with Gasteiger partial charge in [-0.05, 0) is 12.1 Å². The smallest absolute Gasteiger partial charge is 0.409 e. The minimum Gasteiger partial charge on any atom is -0.409 e. The molecule has 7 nitrogen and oxygen atoms in total. The van der Waals surface area contributed by atoms with Crippen molar-refractivity contribution in [2.45, 2.75) is 0 Å². The zero-order chi connectivity index (χ0) is 13.2. The van der Waals surface area contributed by atoms with Crippen LogP contribution < -0.4 is 0 Å². The molecule has 0 aromatic carbocycles. The van der Waals surface area contributed by atoms with Gasteiger partial charge in [-0.2, -0.15) is 0 Å². The van der Waals surface area contributed by atoms with Gasteiger partial charge in [-0.1, -0.05) is 0 Å². The quantitative estimate of drug-likeness (QED) is 0.530. The standard InChI is InChI=1S/C12H8N4O3/c17-16(18)12-4-9(7-19-12)11-6-15(8-14-11)10-2-1-3-13-5-10/h1-8H. The van der Waals surface area contributed by atoms with Gasteiger partial charge in [0, 0.05) is 18.0 Å². The maximum absolute atomic E-state index is 10.6. The monoisotopic (exact) mass is 256 g/mol. The third-order valence-corrected chi connectivity index (χ3v) is 2.59. The van der Waals surface area contributed by atoms with Crippen molar-refractivity contribution in [2.75, 3.05) is 0 Å². The van der Waals surface area contributed by atoms with Gasteiger partial charge in [-0.15, -0.1) is 0 Å². The van der Waals surface area contributed by atoms with E-state index in [2.05, 4.69) is 9.97 Å². The second-order valence-electron chi connectivity index (χ2n) is 3.81. The van der Waals surface area contributed by atoms with Crippen molar-refractivity contribution in [3.05, 3.63) is 59.5 Å². The molecular formula is C12H8N4O3. The lowest BCUT2D eigenvalue weighted by Gasteiger charge is -1.98. The van der Waals surface area contributed by atoms with Gasteiger partial charge in [0.15, 0.2) is 0 Å². The number of imidazole rings is 1. The first-order chi connectivity index (χ1) is 9.24. The summed E-state index contributed by atoms with van der Waals surface area (Å²) in [6.07, 6.45) is 8.06. The average molecular weight is 256 g/mol. The Morgan fingerprint density at radius 3 is 3.00 bits per heavy atom. The molecule has 3 rings (SSSR count). The average Bonchev–Trinajstić information content (AvgIpc) is 3.09. The fourth-order valence-electron chi connectivity index (χ4n) is 1.67. The Bertz CT molecular complexity index is 717. The fraction of sp³-hybridized carbons (Fsp3) is 0. The van der Waals surface area contributed by atoms with Crippen LogP contribution in [0.2, 0.25) is 0 Å². The van der Waals surface area contributed by atoms with Crippen molar-refractivity contribution < 1.29 is 9.34 Å². The summed E-state index contributed by atoms with van der Waals surface area (Å²) in [5.41, 5.74) is 2.02. The molecule has 0 saturated heterocycles. The number of hydrogen-bond acceptors (Lipinski definition) is 5. The molecule has 0 aliphatic rings. The Balaban J connectivity index is 1.94. The van der Waals surface area contributed by atoms with Gasteiger partial charge >= 0.3 is 5.88 Å². The second kappa shape index (κ2) is 4.37. The second-order valence-corrected chi connectivity index (χ2v) is 3.81. The molecular weight excluding hydrogens is 248 g/mol. The molecule has 0 radical (unpaired) electrons. The Kier molecular flexibility index (Phi) is 2.57. The van der Waals surface area contributed by atoms with E-state index in [0.717, 1.165) is 5.69 Å². The van der Waals surface area contributed by atoms with Gasteiger partial charge in [0.25, 0.3) is 0 Å². The van der Waals surface area contributed by atoms with E-state index >= 15 is 0 Å². The van der Waals surface area contributed by atoms with Gasteiger partial charge in [0.2, 0.25) is 0 Å². The van der Waals surface area contributed by atoms with Crippen molar-refractivity contribution in [2.24, 2.45) is 0 Å². The highest BCUT2D eigenvalue weighted by Gasteiger charge is 2.14. The molecule has 7 heteroatoms. The highest BCUT2D eigenvalue weighted by Crippen LogP contribution is 2.25. The van der Waals surface area contributed by atoms with Crippen molar-refractivity contribution in [3.8, 4) is 16.9 Å². The third kappa shape index (κ3) is 2.08. The Hall–Kier alpha value is -2.96. The molecule has 0 aliphatic carbocycles. The molecule has 0 aliphatic heterocycles. The van der Waals surface area contributed by atoms with Crippen LogP contribution in [-0.4, -0.2) is 19.5 Å². The summed E-state index contributed by atoms with van der Waals surface area (Å²) in [6.45, 7) is 0. The number of nitrogens with zero attached hydrogens (tertiary/aromatic N) is 4. The largest absolute Gasteiger partial charge is 0.433 e. The van der Waals surface area contributed by atoms with Gasteiger partial charge in [0.05, 0.1) is 30.0 Å². The molecule has 3 heterocycles. The number of furan rings is 1. The molecule has 0 fully saturated rings. The van der Waals surface area contributed by atoms with Crippen LogP contribution in [-0.2, 0) is 0 Å². The van der Waals surface area contributed by atoms with E-state index in [1.54, 1.807) is 29.5 Å². The topological polar surface area (TPSA) is 87.0 Å². The highest BCUT2D eigenvalue weighted by atomic mass is 16.6. The van der Waals surface area contributed by atoms with E-state index in [1.807, 2.05) is 12.1 Å². The molecule has 0 unspecified atom stereocenters. The van der Waals surface area contributed by atoms with Crippen LogP contribution in [0.1, 0.15) is 0 Å². The highest BCUT2D eigenvalue weighted by molar-refractivity contribution is 5.59. The lowest BCUT2D eigenvalue weighted by Crippen LogP contribution is -1.89. The number of aromatic nitrogens is 3. The molecule has 0 bridgehead atoms. The predicted molar refractivity (Wildman–Crippen MR) is 65.7 cm³/mol. The molecule has 0 spiro atoms. The first kappa shape index (κ1) is 11.1. The molecule has 0 atom stereocenters. The zero-order valence-electron chi connectivity index (χ0n) is 9.63. The van der Waals surface area contributed by atoms with E-state index in [4.69, 9.17) is 4.42 Å². The fourth-order valence-corrected chi connectivity index (χ4v) is 1.67. The molecule has 19 heavy (non-hydrogen) atoms.